The van der Waals surface area contributed by atoms with Gasteiger partial charge in [0.1, 0.15) is 23.5 Å². The van der Waals surface area contributed by atoms with Crippen LogP contribution in [0.25, 0.3) is 22.2 Å². The number of pyridine rings is 1. The van der Waals surface area contributed by atoms with Crippen molar-refractivity contribution in [3.8, 4) is 17.0 Å². The highest BCUT2D eigenvalue weighted by Gasteiger charge is 2.27. The third kappa shape index (κ3) is 6.80. The van der Waals surface area contributed by atoms with Gasteiger partial charge in [-0.2, -0.15) is 5.10 Å². The highest BCUT2D eigenvalue weighted by Crippen LogP contribution is 2.34. The van der Waals surface area contributed by atoms with Crippen LogP contribution in [0, 0.1) is 6.92 Å². The number of ketones is 1. The quantitative estimate of drug-likeness (QED) is 0.149. The monoisotopic (exact) mass is 631 g/mol. The smallest absolute Gasteiger partial charge is 0.272 e. The maximum atomic E-state index is 13.4. The first kappa shape index (κ1) is 30.2. The highest BCUT2D eigenvalue weighted by molar-refractivity contribution is 7.90. The van der Waals surface area contributed by atoms with Gasteiger partial charge in [-0.3, -0.25) is 19.3 Å². The maximum Gasteiger partial charge on any atom is 0.272 e. The van der Waals surface area contributed by atoms with Crippen LogP contribution in [0.4, 0.5) is 0 Å². The molecule has 5 aromatic rings. The Kier molecular flexibility index (Phi) is 8.48. The molecule has 1 atom stereocenters. The van der Waals surface area contributed by atoms with Gasteiger partial charge in [-0.15, -0.1) is 0 Å². The van der Waals surface area contributed by atoms with Crippen molar-refractivity contribution in [2.45, 2.75) is 57.4 Å². The van der Waals surface area contributed by atoms with Crippen molar-refractivity contribution in [2.75, 3.05) is 12.9 Å². The second-order valence-electron chi connectivity index (χ2n) is 11.1. The summed E-state index contributed by atoms with van der Waals surface area (Å²) >= 11 is 0. The molecule has 13 nitrogen and oxygen atoms in total. The van der Waals surface area contributed by atoms with Crippen LogP contribution < -0.4 is 10.1 Å². The lowest BCUT2D eigenvalue weighted by molar-refractivity contribution is 0.0925. The van der Waals surface area contributed by atoms with Crippen molar-refractivity contribution >= 4 is 32.4 Å². The van der Waals surface area contributed by atoms with Crippen LogP contribution in [-0.4, -0.2) is 62.7 Å². The average Bonchev–Trinajstić information content (AvgIpc) is 3.80. The van der Waals surface area contributed by atoms with Gasteiger partial charge in [0.2, 0.25) is 5.78 Å². The van der Waals surface area contributed by atoms with Crippen LogP contribution in [0.15, 0.2) is 53.4 Å². The molecule has 0 aliphatic carbocycles. The molecular formula is C31H33N7O6S. The number of aryl methyl sites for hydroxylation is 2. The van der Waals surface area contributed by atoms with Gasteiger partial charge in [0.15, 0.2) is 9.84 Å². The van der Waals surface area contributed by atoms with E-state index in [2.05, 4.69) is 30.4 Å². The molecule has 4 aromatic heterocycles. The minimum Gasteiger partial charge on any atom is -0.496 e. The molecule has 14 heteroatoms. The number of methoxy groups -OCH3 is 1. The molecule has 1 amide bonds. The molecule has 0 fully saturated rings. The van der Waals surface area contributed by atoms with E-state index in [0.717, 1.165) is 28.6 Å². The summed E-state index contributed by atoms with van der Waals surface area (Å²) in [5.74, 6) is 0.548. The van der Waals surface area contributed by atoms with Crippen LogP contribution in [-0.2, 0) is 22.1 Å². The Morgan fingerprint density at radius 2 is 2.02 bits per heavy atom. The Balaban J connectivity index is 1.21. The second-order valence-corrected chi connectivity index (χ2v) is 13.3. The molecule has 45 heavy (non-hydrogen) atoms. The van der Waals surface area contributed by atoms with Crippen LogP contribution in [0.1, 0.15) is 76.5 Å². The van der Waals surface area contributed by atoms with Gasteiger partial charge in [0, 0.05) is 29.1 Å². The lowest BCUT2D eigenvalue weighted by Gasteiger charge is -2.16. The largest absolute Gasteiger partial charge is 0.496 e. The zero-order valence-electron chi connectivity index (χ0n) is 24.9. The van der Waals surface area contributed by atoms with E-state index in [0.29, 0.717) is 48.6 Å². The molecular weight excluding hydrogens is 598 g/mol. The lowest BCUT2D eigenvalue weighted by Crippen LogP contribution is -2.30. The molecule has 0 saturated heterocycles. The van der Waals surface area contributed by atoms with E-state index in [1.54, 1.807) is 18.0 Å². The number of hydrogen-bond donors (Lipinski definition) is 2. The third-order valence-electron chi connectivity index (χ3n) is 7.82. The maximum absolute atomic E-state index is 13.4. The van der Waals surface area contributed by atoms with Crippen LogP contribution in [0.3, 0.4) is 0 Å². The number of rotatable bonds is 12. The summed E-state index contributed by atoms with van der Waals surface area (Å²) in [7, 11) is -1.61. The van der Waals surface area contributed by atoms with Gasteiger partial charge in [0.05, 0.1) is 60.5 Å². The van der Waals surface area contributed by atoms with Gasteiger partial charge in [-0.25, -0.2) is 18.4 Å². The van der Waals surface area contributed by atoms with Crippen LogP contribution in [0.5, 0.6) is 5.75 Å². The fraction of sp³-hybridized carbons (Fsp3) is 0.355. The number of oxazole rings is 1. The Hall–Kier alpha value is -4.85. The number of unbranched alkanes of at least 4 members (excludes halogenated alkanes) is 2. The molecule has 2 N–H and O–H groups in total. The van der Waals surface area contributed by atoms with Crippen molar-refractivity contribution in [1.29, 1.82) is 0 Å². The molecule has 6 rings (SSSR count). The number of aromatic nitrogens is 6. The summed E-state index contributed by atoms with van der Waals surface area (Å²) in [6, 6.07) is 8.85. The van der Waals surface area contributed by atoms with Gasteiger partial charge in [0.25, 0.3) is 11.8 Å². The Labute approximate surface area is 259 Å². The van der Waals surface area contributed by atoms with Gasteiger partial charge >= 0.3 is 0 Å². The SMILES string of the molecule is COc1cc2nc(C)ccc2cc1-c1cnc(C(CCCCCC(=O)c2ncco2)NC(=O)c2cc3n(n2)CCS(=O)(=O)C3)[nH]1. The van der Waals surface area contributed by atoms with Crippen LogP contribution >= 0.6 is 0 Å². The number of sulfone groups is 1. The van der Waals surface area contributed by atoms with Gasteiger partial charge in [-0.05, 0) is 38.0 Å². The Bertz CT molecular complexity index is 1960. The highest BCUT2D eigenvalue weighted by atomic mass is 32.2. The van der Waals surface area contributed by atoms with E-state index in [1.165, 1.54) is 18.5 Å². The first-order valence-corrected chi connectivity index (χ1v) is 16.5. The van der Waals surface area contributed by atoms with E-state index in [1.807, 2.05) is 31.2 Å². The number of ether oxygens (including phenoxy) is 1. The minimum absolute atomic E-state index is 0.00702. The number of amides is 1. The minimum atomic E-state index is -3.21. The standard InChI is InChI=1S/C31H33N7O6S/c1-19-8-9-20-14-22(28(43-2)16-24(20)34-19)26-17-33-29(35-26)23(6-4-3-5-7-27(39)31-32-10-12-44-31)36-30(40)25-15-21-18-45(41,42)13-11-38(21)37-25/h8-10,12,14-17,23H,3-7,11,13,18H2,1-2H3,(H,33,35)(H,36,40). The first-order chi connectivity index (χ1) is 21.7. The van der Waals surface area contributed by atoms with Crippen LogP contribution in [0.2, 0.25) is 0 Å². The summed E-state index contributed by atoms with van der Waals surface area (Å²) in [6.45, 7) is 2.15. The number of carbonyl (C=O) groups is 2. The zero-order valence-corrected chi connectivity index (χ0v) is 25.8. The normalized spacial score (nSPS) is 14.6. The summed E-state index contributed by atoms with van der Waals surface area (Å²) in [4.78, 5) is 42.2. The van der Waals surface area contributed by atoms with E-state index in [-0.39, 0.29) is 35.4 Å². The molecule has 0 bridgehead atoms. The molecule has 0 radical (unpaired) electrons. The molecule has 0 saturated carbocycles. The van der Waals surface area contributed by atoms with Gasteiger partial charge in [-0.1, -0.05) is 18.9 Å². The molecule has 1 unspecified atom stereocenters. The predicted molar refractivity (Wildman–Crippen MR) is 164 cm³/mol. The van der Waals surface area contributed by atoms with Crippen molar-refractivity contribution in [3.05, 3.63) is 77.8 Å². The number of nitrogens with one attached hydrogen (secondary N) is 2. The zero-order chi connectivity index (χ0) is 31.6. The number of Topliss-reactive ketones (excluding diaryl/α,β-unsaturated/α-hetero) is 1. The average molecular weight is 632 g/mol. The fourth-order valence-corrected chi connectivity index (χ4v) is 6.75. The summed E-state index contributed by atoms with van der Waals surface area (Å²) in [5.41, 5.74) is 3.87. The van der Waals surface area contributed by atoms with E-state index < -0.39 is 21.8 Å². The number of nitrogens with zero attached hydrogens (tertiary/aromatic N) is 5. The second kappa shape index (κ2) is 12.6. The lowest BCUT2D eigenvalue weighted by atomic mass is 10.0. The molecule has 0 spiro atoms. The number of carbonyl (C=O) groups excluding carboxylic acids is 2. The summed E-state index contributed by atoms with van der Waals surface area (Å²) in [5, 5.41) is 8.35. The molecule has 5 heterocycles. The number of hydrogen-bond acceptors (Lipinski definition) is 10. The first-order valence-electron chi connectivity index (χ1n) is 14.7. The van der Waals surface area contributed by atoms with Crippen molar-refractivity contribution in [2.24, 2.45) is 0 Å². The predicted octanol–water partition coefficient (Wildman–Crippen LogP) is 4.36. The van der Waals surface area contributed by atoms with Gasteiger partial charge < -0.3 is 19.5 Å². The third-order valence-corrected chi connectivity index (χ3v) is 9.36. The number of imidazole rings is 1. The summed E-state index contributed by atoms with van der Waals surface area (Å²) in [6.07, 6.45) is 7.42. The number of aromatic amines is 1. The molecule has 1 aliphatic heterocycles. The number of H-pyrrole nitrogens is 1. The molecule has 1 aliphatic rings. The van der Waals surface area contributed by atoms with E-state index >= 15 is 0 Å². The fourth-order valence-electron chi connectivity index (χ4n) is 5.47. The molecule has 234 valence electrons. The Morgan fingerprint density at radius 3 is 2.82 bits per heavy atom. The summed E-state index contributed by atoms with van der Waals surface area (Å²) < 4.78 is 36.5. The van der Waals surface area contributed by atoms with Crippen molar-refractivity contribution in [1.82, 2.24) is 35.0 Å². The van der Waals surface area contributed by atoms with E-state index in [9.17, 15) is 18.0 Å². The van der Waals surface area contributed by atoms with Crippen molar-refractivity contribution in [3.63, 3.8) is 0 Å². The molecule has 1 aromatic carbocycles. The van der Waals surface area contributed by atoms with Crippen molar-refractivity contribution < 1.29 is 27.2 Å². The number of fused-ring (bicyclic) bond motifs is 2. The number of benzene rings is 1. The Morgan fingerprint density at radius 1 is 1.16 bits per heavy atom. The topological polar surface area (TPSA) is 175 Å². The van der Waals surface area contributed by atoms with E-state index in [4.69, 9.17) is 9.15 Å².